The lowest BCUT2D eigenvalue weighted by atomic mass is 9.99. The topological polar surface area (TPSA) is 64.0 Å². The standard InChI is InChI=1S/C23H20FN3O2S/c1-13-4-5-16(10-14(13)2)20-15(3)30-22-21(20)23(29)27(12-25-22)11-19(28)26-18-8-6-17(24)7-9-18/h4-10,12H,11H2,1-3H3,(H,26,28). The van der Waals surface area contributed by atoms with Gasteiger partial charge in [0, 0.05) is 16.1 Å². The molecule has 2 aromatic heterocycles. The van der Waals surface area contributed by atoms with Crippen LogP contribution in [0.25, 0.3) is 21.3 Å². The van der Waals surface area contributed by atoms with Crippen molar-refractivity contribution in [2.45, 2.75) is 27.3 Å². The maximum absolute atomic E-state index is 13.2. The van der Waals surface area contributed by atoms with Gasteiger partial charge in [0.1, 0.15) is 17.2 Å². The Kier molecular flexibility index (Phi) is 5.22. The van der Waals surface area contributed by atoms with Crippen molar-refractivity contribution in [3.8, 4) is 11.1 Å². The van der Waals surface area contributed by atoms with E-state index in [0.717, 1.165) is 21.6 Å². The molecule has 0 saturated carbocycles. The second-order valence-electron chi connectivity index (χ2n) is 7.25. The Morgan fingerprint density at radius 2 is 1.83 bits per heavy atom. The summed E-state index contributed by atoms with van der Waals surface area (Å²) in [7, 11) is 0. The summed E-state index contributed by atoms with van der Waals surface area (Å²) in [5, 5.41) is 3.19. The zero-order valence-electron chi connectivity index (χ0n) is 16.8. The molecule has 5 nitrogen and oxygen atoms in total. The maximum atomic E-state index is 13.2. The average Bonchev–Trinajstić information content (AvgIpc) is 3.05. The number of carbonyl (C=O) groups excluding carboxylic acids is 1. The third kappa shape index (κ3) is 3.76. The molecule has 0 fully saturated rings. The molecule has 1 amide bonds. The smallest absolute Gasteiger partial charge is 0.263 e. The highest BCUT2D eigenvalue weighted by atomic mass is 32.1. The van der Waals surface area contributed by atoms with Crippen LogP contribution in [0.3, 0.4) is 0 Å². The third-order valence-electron chi connectivity index (χ3n) is 5.09. The number of benzene rings is 2. The largest absolute Gasteiger partial charge is 0.325 e. The predicted molar refractivity (Wildman–Crippen MR) is 119 cm³/mol. The molecule has 0 spiro atoms. The lowest BCUT2D eigenvalue weighted by Crippen LogP contribution is -2.27. The van der Waals surface area contributed by atoms with Crippen LogP contribution in [0.2, 0.25) is 0 Å². The summed E-state index contributed by atoms with van der Waals surface area (Å²) in [5.41, 5.74) is 4.37. The summed E-state index contributed by atoms with van der Waals surface area (Å²) >= 11 is 1.47. The molecule has 0 aliphatic rings. The number of nitrogens with one attached hydrogen (secondary N) is 1. The number of carbonyl (C=O) groups is 1. The first kappa shape index (κ1) is 20.0. The van der Waals surface area contributed by atoms with Crippen LogP contribution in [-0.2, 0) is 11.3 Å². The highest BCUT2D eigenvalue weighted by Gasteiger charge is 2.18. The fourth-order valence-electron chi connectivity index (χ4n) is 3.38. The van der Waals surface area contributed by atoms with Crippen molar-refractivity contribution >= 4 is 33.1 Å². The van der Waals surface area contributed by atoms with Crippen molar-refractivity contribution in [1.29, 1.82) is 0 Å². The highest BCUT2D eigenvalue weighted by molar-refractivity contribution is 7.19. The third-order valence-corrected chi connectivity index (χ3v) is 6.11. The van der Waals surface area contributed by atoms with Crippen molar-refractivity contribution in [2.75, 3.05) is 5.32 Å². The molecular formula is C23H20FN3O2S. The molecule has 152 valence electrons. The molecule has 1 N–H and O–H groups in total. The summed E-state index contributed by atoms with van der Waals surface area (Å²) in [6, 6.07) is 11.6. The number of hydrogen-bond donors (Lipinski definition) is 1. The Balaban J connectivity index is 1.71. The second-order valence-corrected chi connectivity index (χ2v) is 8.45. The van der Waals surface area contributed by atoms with Gasteiger partial charge in [0.05, 0.1) is 11.7 Å². The number of aryl methyl sites for hydroxylation is 3. The van der Waals surface area contributed by atoms with E-state index in [0.29, 0.717) is 15.9 Å². The van der Waals surface area contributed by atoms with E-state index >= 15 is 0 Å². The zero-order valence-corrected chi connectivity index (χ0v) is 17.6. The minimum Gasteiger partial charge on any atom is -0.325 e. The van der Waals surface area contributed by atoms with Crippen molar-refractivity contribution < 1.29 is 9.18 Å². The number of thiophene rings is 1. The molecule has 0 atom stereocenters. The van der Waals surface area contributed by atoms with Gasteiger partial charge in [-0.05, 0) is 61.7 Å². The summed E-state index contributed by atoms with van der Waals surface area (Å²) < 4.78 is 14.3. The monoisotopic (exact) mass is 421 g/mol. The van der Waals surface area contributed by atoms with Crippen molar-refractivity contribution in [3.05, 3.63) is 81.0 Å². The number of fused-ring (bicyclic) bond motifs is 1. The van der Waals surface area contributed by atoms with Crippen LogP contribution in [0.4, 0.5) is 10.1 Å². The van der Waals surface area contributed by atoms with Crippen molar-refractivity contribution in [1.82, 2.24) is 9.55 Å². The zero-order chi connectivity index (χ0) is 21.4. The summed E-state index contributed by atoms with van der Waals surface area (Å²) in [5.74, 6) is -0.768. The van der Waals surface area contributed by atoms with Crippen LogP contribution >= 0.6 is 11.3 Å². The van der Waals surface area contributed by atoms with E-state index in [9.17, 15) is 14.0 Å². The number of hydrogen-bond acceptors (Lipinski definition) is 4. The lowest BCUT2D eigenvalue weighted by Gasteiger charge is -2.09. The average molecular weight is 421 g/mol. The number of halogens is 1. The molecule has 7 heteroatoms. The number of anilines is 1. The Hall–Kier alpha value is -3.32. The Labute approximate surface area is 176 Å². The molecular weight excluding hydrogens is 401 g/mol. The van der Waals surface area contributed by atoms with Gasteiger partial charge in [-0.1, -0.05) is 18.2 Å². The van der Waals surface area contributed by atoms with E-state index in [-0.39, 0.29) is 23.8 Å². The Morgan fingerprint density at radius 3 is 2.53 bits per heavy atom. The van der Waals surface area contributed by atoms with Crippen LogP contribution in [0.5, 0.6) is 0 Å². The molecule has 4 rings (SSSR count). The molecule has 0 bridgehead atoms. The second kappa shape index (κ2) is 7.84. The van der Waals surface area contributed by atoms with Crippen LogP contribution in [0.1, 0.15) is 16.0 Å². The summed E-state index contributed by atoms with van der Waals surface area (Å²) in [6.07, 6.45) is 1.40. The van der Waals surface area contributed by atoms with E-state index in [4.69, 9.17) is 0 Å². The van der Waals surface area contributed by atoms with E-state index in [1.807, 2.05) is 32.9 Å². The van der Waals surface area contributed by atoms with Crippen molar-refractivity contribution in [3.63, 3.8) is 0 Å². The van der Waals surface area contributed by atoms with Gasteiger partial charge < -0.3 is 5.32 Å². The fraction of sp³-hybridized carbons (Fsp3) is 0.174. The normalized spacial score (nSPS) is 11.1. The minimum absolute atomic E-state index is 0.180. The minimum atomic E-state index is -0.385. The van der Waals surface area contributed by atoms with Gasteiger partial charge >= 0.3 is 0 Å². The van der Waals surface area contributed by atoms with Gasteiger partial charge in [-0.2, -0.15) is 0 Å². The first-order valence-corrected chi connectivity index (χ1v) is 10.3. The summed E-state index contributed by atoms with van der Waals surface area (Å²) in [4.78, 5) is 31.7. The summed E-state index contributed by atoms with van der Waals surface area (Å²) in [6.45, 7) is 5.88. The van der Waals surface area contributed by atoms with E-state index in [1.54, 1.807) is 0 Å². The van der Waals surface area contributed by atoms with E-state index < -0.39 is 0 Å². The Bertz CT molecular complexity index is 1320. The van der Waals surface area contributed by atoms with Crippen LogP contribution < -0.4 is 10.9 Å². The molecule has 30 heavy (non-hydrogen) atoms. The number of aromatic nitrogens is 2. The molecule has 4 aromatic rings. The van der Waals surface area contributed by atoms with Gasteiger partial charge in [-0.15, -0.1) is 11.3 Å². The molecule has 0 saturated heterocycles. The first-order valence-electron chi connectivity index (χ1n) is 9.45. The van der Waals surface area contributed by atoms with Gasteiger partial charge in [0.2, 0.25) is 5.91 Å². The molecule has 0 radical (unpaired) electrons. The molecule has 0 unspecified atom stereocenters. The fourth-order valence-corrected chi connectivity index (χ4v) is 4.39. The lowest BCUT2D eigenvalue weighted by molar-refractivity contribution is -0.116. The number of nitrogens with zero attached hydrogens (tertiary/aromatic N) is 2. The van der Waals surface area contributed by atoms with Gasteiger partial charge in [0.25, 0.3) is 5.56 Å². The molecule has 0 aliphatic carbocycles. The number of rotatable bonds is 4. The van der Waals surface area contributed by atoms with Gasteiger partial charge in [0.15, 0.2) is 0 Å². The SMILES string of the molecule is Cc1ccc(-c2c(C)sc3ncn(CC(=O)Nc4ccc(F)cc4)c(=O)c23)cc1C. The van der Waals surface area contributed by atoms with Crippen LogP contribution in [0, 0.1) is 26.6 Å². The Morgan fingerprint density at radius 1 is 1.10 bits per heavy atom. The van der Waals surface area contributed by atoms with Gasteiger partial charge in [-0.25, -0.2) is 9.37 Å². The van der Waals surface area contributed by atoms with Gasteiger partial charge in [-0.3, -0.25) is 14.2 Å². The van der Waals surface area contributed by atoms with Crippen LogP contribution in [0.15, 0.2) is 53.6 Å². The van der Waals surface area contributed by atoms with Crippen LogP contribution in [-0.4, -0.2) is 15.5 Å². The van der Waals surface area contributed by atoms with Crippen molar-refractivity contribution in [2.24, 2.45) is 0 Å². The predicted octanol–water partition coefficient (Wildman–Crippen LogP) is 4.83. The quantitative estimate of drug-likeness (QED) is 0.513. The molecule has 0 aliphatic heterocycles. The maximum Gasteiger partial charge on any atom is 0.263 e. The number of amides is 1. The first-order chi connectivity index (χ1) is 14.3. The highest BCUT2D eigenvalue weighted by Crippen LogP contribution is 2.36. The molecule has 2 aromatic carbocycles. The van der Waals surface area contributed by atoms with E-state index in [2.05, 4.69) is 16.4 Å². The molecule has 2 heterocycles. The van der Waals surface area contributed by atoms with E-state index in [1.165, 1.54) is 52.1 Å².